The van der Waals surface area contributed by atoms with Gasteiger partial charge >= 0.3 is 0 Å². The van der Waals surface area contributed by atoms with Gasteiger partial charge in [0.05, 0.1) is 11.6 Å². The van der Waals surface area contributed by atoms with Crippen LogP contribution in [-0.4, -0.2) is 6.04 Å². The lowest BCUT2D eigenvalue weighted by molar-refractivity contribution is 0.457. The van der Waals surface area contributed by atoms with Gasteiger partial charge in [-0.05, 0) is 35.1 Å². The van der Waals surface area contributed by atoms with E-state index >= 15 is 0 Å². The Bertz CT molecular complexity index is 421. The van der Waals surface area contributed by atoms with E-state index in [0.717, 1.165) is 5.69 Å². The summed E-state index contributed by atoms with van der Waals surface area (Å²) in [6.45, 7) is 9.14. The quantitative estimate of drug-likeness (QED) is 0.819. The minimum atomic E-state index is 0.334. The van der Waals surface area contributed by atoms with E-state index in [1.165, 1.54) is 0 Å². The summed E-state index contributed by atoms with van der Waals surface area (Å²) in [5, 5.41) is 12.3. The van der Waals surface area contributed by atoms with Gasteiger partial charge in [0.25, 0.3) is 0 Å². The lowest BCUT2D eigenvalue weighted by atomic mass is 10.0. The molecule has 1 aliphatic carbocycles. The van der Waals surface area contributed by atoms with Crippen molar-refractivity contribution in [1.29, 1.82) is 5.26 Å². The largest absolute Gasteiger partial charge is 0.381 e. The molecule has 2 nitrogen and oxygen atoms in total. The van der Waals surface area contributed by atoms with Crippen molar-refractivity contribution < 1.29 is 0 Å². The second-order valence-electron chi connectivity index (χ2n) is 5.71. The number of nitrogens with zero attached hydrogens (tertiary/aromatic N) is 1. The molecule has 1 aliphatic rings. The van der Waals surface area contributed by atoms with Crippen LogP contribution in [-0.2, 0) is 0 Å². The van der Waals surface area contributed by atoms with Crippen molar-refractivity contribution in [2.75, 3.05) is 5.32 Å². The highest BCUT2D eigenvalue weighted by molar-refractivity contribution is 5.50. The van der Waals surface area contributed by atoms with Gasteiger partial charge < -0.3 is 5.32 Å². The minimum absolute atomic E-state index is 0.334. The summed E-state index contributed by atoms with van der Waals surface area (Å²) in [5.74, 6) is 0. The van der Waals surface area contributed by atoms with Crippen molar-refractivity contribution in [1.82, 2.24) is 0 Å². The van der Waals surface area contributed by atoms with E-state index < -0.39 is 0 Å². The first-order valence-corrected chi connectivity index (χ1v) is 5.66. The van der Waals surface area contributed by atoms with Gasteiger partial charge in [0.2, 0.25) is 0 Å². The Morgan fingerprint density at radius 3 is 1.94 bits per heavy atom. The molecule has 1 aromatic rings. The summed E-state index contributed by atoms with van der Waals surface area (Å²) in [4.78, 5) is 0. The second kappa shape index (κ2) is 3.25. The third-order valence-electron chi connectivity index (χ3n) is 4.35. The summed E-state index contributed by atoms with van der Waals surface area (Å²) in [6.07, 6.45) is 0. The van der Waals surface area contributed by atoms with Gasteiger partial charge in [0.1, 0.15) is 0 Å². The van der Waals surface area contributed by atoms with Crippen LogP contribution in [0.2, 0.25) is 0 Å². The highest BCUT2D eigenvalue weighted by Gasteiger charge is 2.64. The zero-order valence-corrected chi connectivity index (χ0v) is 10.3. The van der Waals surface area contributed by atoms with E-state index in [1.807, 2.05) is 24.3 Å². The Kier molecular flexibility index (Phi) is 2.24. The Balaban J connectivity index is 2.10. The van der Waals surface area contributed by atoms with E-state index in [-0.39, 0.29) is 0 Å². The molecule has 0 aliphatic heterocycles. The predicted octanol–water partition coefficient (Wildman–Crippen LogP) is 3.40. The Hall–Kier alpha value is -1.49. The zero-order chi connectivity index (χ0) is 12.0. The minimum Gasteiger partial charge on any atom is -0.381 e. The van der Waals surface area contributed by atoms with Crippen molar-refractivity contribution >= 4 is 5.69 Å². The number of rotatable bonds is 2. The SMILES string of the molecule is CC1(C)C(Nc2ccc(C#N)cc2)C1(C)C. The highest BCUT2D eigenvalue weighted by Crippen LogP contribution is 2.63. The normalized spacial score (nSPS) is 21.2. The molecule has 0 heterocycles. The highest BCUT2D eigenvalue weighted by atomic mass is 15.0. The smallest absolute Gasteiger partial charge is 0.0991 e. The topological polar surface area (TPSA) is 35.8 Å². The Morgan fingerprint density at radius 1 is 1.06 bits per heavy atom. The lowest BCUT2D eigenvalue weighted by Crippen LogP contribution is -2.09. The fraction of sp³-hybridized carbons (Fsp3) is 0.500. The first kappa shape index (κ1) is 11.0. The summed E-state index contributed by atoms with van der Waals surface area (Å²) in [5.41, 5.74) is 2.48. The van der Waals surface area contributed by atoms with Crippen LogP contribution in [0.4, 0.5) is 5.69 Å². The third kappa shape index (κ3) is 1.48. The van der Waals surface area contributed by atoms with Crippen molar-refractivity contribution in [2.45, 2.75) is 33.7 Å². The van der Waals surface area contributed by atoms with Crippen LogP contribution in [0.3, 0.4) is 0 Å². The summed E-state index contributed by atoms with van der Waals surface area (Å²) >= 11 is 0. The number of hydrogen-bond acceptors (Lipinski definition) is 2. The first-order chi connectivity index (χ1) is 7.39. The first-order valence-electron chi connectivity index (χ1n) is 5.66. The van der Waals surface area contributed by atoms with Crippen LogP contribution in [0.25, 0.3) is 0 Å². The molecular formula is C14H18N2. The maximum Gasteiger partial charge on any atom is 0.0991 e. The molecule has 0 saturated heterocycles. The van der Waals surface area contributed by atoms with Gasteiger partial charge in [0, 0.05) is 11.7 Å². The van der Waals surface area contributed by atoms with Crippen LogP contribution in [0.1, 0.15) is 33.3 Å². The molecule has 1 fully saturated rings. The molecule has 1 N–H and O–H groups in total. The Morgan fingerprint density at radius 2 is 1.56 bits per heavy atom. The number of nitrogens with one attached hydrogen (secondary N) is 1. The van der Waals surface area contributed by atoms with Crippen molar-refractivity contribution in [3.63, 3.8) is 0 Å². The molecule has 0 radical (unpaired) electrons. The molecule has 0 amide bonds. The zero-order valence-electron chi connectivity index (χ0n) is 10.3. The third-order valence-corrected chi connectivity index (χ3v) is 4.35. The number of nitriles is 1. The molecule has 1 aromatic carbocycles. The molecule has 0 unspecified atom stereocenters. The van der Waals surface area contributed by atoms with Crippen LogP contribution in [0.5, 0.6) is 0 Å². The van der Waals surface area contributed by atoms with Crippen LogP contribution >= 0.6 is 0 Å². The van der Waals surface area contributed by atoms with Gasteiger partial charge in [-0.25, -0.2) is 0 Å². The number of anilines is 1. The molecular weight excluding hydrogens is 196 g/mol. The fourth-order valence-corrected chi connectivity index (χ4v) is 2.36. The van der Waals surface area contributed by atoms with Crippen molar-refractivity contribution in [2.24, 2.45) is 10.8 Å². The average Bonchev–Trinajstić information content (AvgIpc) is 2.62. The maximum absolute atomic E-state index is 8.72. The standard InChI is InChI=1S/C14H18N2/c1-13(2)12(14(13,3)4)16-11-7-5-10(9-15)6-8-11/h5-8,12,16H,1-4H3. The second-order valence-corrected chi connectivity index (χ2v) is 5.71. The molecule has 0 spiro atoms. The van der Waals surface area contributed by atoms with Crippen LogP contribution < -0.4 is 5.32 Å². The van der Waals surface area contributed by atoms with Crippen LogP contribution in [0.15, 0.2) is 24.3 Å². The van der Waals surface area contributed by atoms with Gasteiger partial charge in [-0.15, -0.1) is 0 Å². The summed E-state index contributed by atoms with van der Waals surface area (Å²) < 4.78 is 0. The van der Waals surface area contributed by atoms with Gasteiger partial charge in [-0.3, -0.25) is 0 Å². The molecule has 0 atom stereocenters. The molecule has 0 aromatic heterocycles. The number of hydrogen-bond donors (Lipinski definition) is 1. The van der Waals surface area contributed by atoms with E-state index in [1.54, 1.807) is 0 Å². The summed E-state index contributed by atoms with van der Waals surface area (Å²) in [6, 6.07) is 10.3. The monoisotopic (exact) mass is 214 g/mol. The van der Waals surface area contributed by atoms with E-state index in [0.29, 0.717) is 22.4 Å². The summed E-state index contributed by atoms with van der Waals surface area (Å²) in [7, 11) is 0. The molecule has 1 saturated carbocycles. The Labute approximate surface area is 97.3 Å². The molecule has 16 heavy (non-hydrogen) atoms. The van der Waals surface area contributed by atoms with Crippen molar-refractivity contribution in [3.8, 4) is 6.07 Å². The molecule has 84 valence electrons. The molecule has 0 bridgehead atoms. The average molecular weight is 214 g/mol. The van der Waals surface area contributed by atoms with Gasteiger partial charge in [0.15, 0.2) is 0 Å². The number of benzene rings is 1. The predicted molar refractivity (Wildman–Crippen MR) is 66.1 cm³/mol. The molecule has 2 rings (SSSR count). The lowest BCUT2D eigenvalue weighted by Gasteiger charge is -2.07. The maximum atomic E-state index is 8.72. The van der Waals surface area contributed by atoms with E-state index in [9.17, 15) is 0 Å². The van der Waals surface area contributed by atoms with Gasteiger partial charge in [-0.1, -0.05) is 27.7 Å². The van der Waals surface area contributed by atoms with E-state index in [4.69, 9.17) is 5.26 Å². The molecule has 2 heteroatoms. The van der Waals surface area contributed by atoms with Gasteiger partial charge in [-0.2, -0.15) is 5.26 Å². The van der Waals surface area contributed by atoms with Crippen LogP contribution in [0, 0.1) is 22.2 Å². The van der Waals surface area contributed by atoms with E-state index in [2.05, 4.69) is 39.1 Å². The van der Waals surface area contributed by atoms with Crippen molar-refractivity contribution in [3.05, 3.63) is 29.8 Å². The fourth-order valence-electron chi connectivity index (χ4n) is 2.36.